The minimum absolute atomic E-state index is 0.109. The summed E-state index contributed by atoms with van der Waals surface area (Å²) in [6.45, 7) is 4.18. The largest absolute Gasteiger partial charge is 0.493 e. The van der Waals surface area contributed by atoms with Gasteiger partial charge in [-0.05, 0) is 13.0 Å². The fourth-order valence-corrected chi connectivity index (χ4v) is 2.57. The number of methoxy groups -OCH3 is 2. The minimum atomic E-state index is -0.109. The van der Waals surface area contributed by atoms with Crippen molar-refractivity contribution in [3.63, 3.8) is 0 Å². The van der Waals surface area contributed by atoms with Crippen molar-refractivity contribution < 1.29 is 23.5 Å². The molecule has 0 atom stereocenters. The number of quaternary nitrogens is 1. The Morgan fingerprint density at radius 1 is 1.13 bits per heavy atom. The summed E-state index contributed by atoms with van der Waals surface area (Å²) in [5.74, 6) is 1.46. The van der Waals surface area contributed by atoms with Crippen molar-refractivity contribution in [1.82, 2.24) is 0 Å². The maximum Gasteiger partial charge on any atom is 0.305 e. The Balaban J connectivity index is 2.54. The van der Waals surface area contributed by atoms with Gasteiger partial charge in [-0.3, -0.25) is 4.79 Å². The molecule has 5 nitrogen and oxygen atoms in total. The number of hydrogen-bond donors (Lipinski definition) is 0. The molecule has 0 bridgehead atoms. The number of rotatable bonds is 10. The molecule has 0 N–H and O–H groups in total. The number of hydrogen-bond acceptors (Lipinski definition) is 4. The van der Waals surface area contributed by atoms with E-state index in [1.165, 1.54) is 0 Å². The molecule has 1 rings (SSSR count). The second-order valence-corrected chi connectivity index (χ2v) is 6.19. The molecule has 1 aromatic carbocycles. The molecule has 0 fully saturated rings. The molecule has 5 heteroatoms. The highest BCUT2D eigenvalue weighted by molar-refractivity contribution is 5.69. The van der Waals surface area contributed by atoms with Gasteiger partial charge in [0.05, 0.1) is 54.4 Å². The Hall–Kier alpha value is -1.75. The Morgan fingerprint density at radius 2 is 1.87 bits per heavy atom. The zero-order chi connectivity index (χ0) is 17.3. The first-order valence-electron chi connectivity index (χ1n) is 8.11. The van der Waals surface area contributed by atoms with E-state index >= 15 is 0 Å². The van der Waals surface area contributed by atoms with E-state index in [4.69, 9.17) is 14.2 Å². The zero-order valence-electron chi connectivity index (χ0n) is 15.1. The maximum atomic E-state index is 11.4. The fraction of sp³-hybridized carbons (Fsp3) is 0.611. The Labute approximate surface area is 139 Å². The highest BCUT2D eigenvalue weighted by atomic mass is 16.5. The number of carbonyl (C=O) groups excluding carboxylic acids is 1. The topological polar surface area (TPSA) is 44.8 Å². The van der Waals surface area contributed by atoms with Gasteiger partial charge in [0.1, 0.15) is 0 Å². The summed E-state index contributed by atoms with van der Waals surface area (Å²) in [5, 5.41) is 0. The molecule has 0 saturated carbocycles. The summed E-state index contributed by atoms with van der Waals surface area (Å²) < 4.78 is 16.6. The average Bonchev–Trinajstić information content (AvgIpc) is 2.52. The molecule has 1 aromatic rings. The summed E-state index contributed by atoms with van der Waals surface area (Å²) in [4.78, 5) is 11.4. The van der Waals surface area contributed by atoms with Gasteiger partial charge >= 0.3 is 5.97 Å². The van der Waals surface area contributed by atoms with Crippen molar-refractivity contribution >= 4 is 5.97 Å². The van der Waals surface area contributed by atoms with Gasteiger partial charge in [0.15, 0.2) is 11.5 Å². The van der Waals surface area contributed by atoms with Crippen LogP contribution in [-0.4, -0.2) is 58.5 Å². The first-order valence-corrected chi connectivity index (χ1v) is 8.11. The SMILES string of the molecule is CCOC(=O)CCC[N+](C)(C)CCc1cccc(OC)c1OC. The third-order valence-electron chi connectivity index (χ3n) is 3.92. The second-order valence-electron chi connectivity index (χ2n) is 6.19. The van der Waals surface area contributed by atoms with Crippen LogP contribution in [-0.2, 0) is 16.0 Å². The lowest BCUT2D eigenvalue weighted by Gasteiger charge is -2.30. The lowest BCUT2D eigenvalue weighted by molar-refractivity contribution is -0.890. The van der Waals surface area contributed by atoms with Crippen LogP contribution in [0.15, 0.2) is 18.2 Å². The van der Waals surface area contributed by atoms with E-state index in [-0.39, 0.29) is 5.97 Å². The van der Waals surface area contributed by atoms with Gasteiger partial charge in [-0.25, -0.2) is 0 Å². The van der Waals surface area contributed by atoms with E-state index < -0.39 is 0 Å². The van der Waals surface area contributed by atoms with Gasteiger partial charge in [0.25, 0.3) is 0 Å². The van der Waals surface area contributed by atoms with Gasteiger partial charge in [-0.1, -0.05) is 12.1 Å². The highest BCUT2D eigenvalue weighted by Crippen LogP contribution is 2.31. The van der Waals surface area contributed by atoms with E-state index in [0.29, 0.717) is 13.0 Å². The number of para-hydroxylation sites is 1. The number of likely N-dealkylation sites (N-methyl/N-ethyl adjacent to an activating group) is 1. The van der Waals surface area contributed by atoms with Gasteiger partial charge < -0.3 is 18.7 Å². The highest BCUT2D eigenvalue weighted by Gasteiger charge is 2.18. The summed E-state index contributed by atoms with van der Waals surface area (Å²) in [6.07, 6.45) is 2.21. The van der Waals surface area contributed by atoms with Crippen LogP contribution >= 0.6 is 0 Å². The molecular weight excluding hydrogens is 294 g/mol. The van der Waals surface area contributed by atoms with Crippen molar-refractivity contribution in [2.24, 2.45) is 0 Å². The molecule has 23 heavy (non-hydrogen) atoms. The van der Waals surface area contributed by atoms with E-state index in [9.17, 15) is 4.79 Å². The quantitative estimate of drug-likeness (QED) is 0.490. The second kappa shape index (κ2) is 9.40. The minimum Gasteiger partial charge on any atom is -0.493 e. The molecule has 0 unspecified atom stereocenters. The maximum absolute atomic E-state index is 11.4. The molecule has 0 radical (unpaired) electrons. The Bertz CT molecular complexity index is 500. The number of benzene rings is 1. The molecule has 0 aliphatic carbocycles. The molecular formula is C18H30NO4+. The molecule has 0 saturated heterocycles. The van der Waals surface area contributed by atoms with Crippen LogP contribution in [0.5, 0.6) is 11.5 Å². The van der Waals surface area contributed by atoms with Crippen molar-refractivity contribution in [1.29, 1.82) is 0 Å². The third-order valence-corrected chi connectivity index (χ3v) is 3.92. The van der Waals surface area contributed by atoms with E-state index in [0.717, 1.165) is 47.5 Å². The number of esters is 1. The van der Waals surface area contributed by atoms with Crippen LogP contribution in [0.4, 0.5) is 0 Å². The normalized spacial score (nSPS) is 11.2. The van der Waals surface area contributed by atoms with Gasteiger partial charge in [-0.15, -0.1) is 0 Å². The van der Waals surface area contributed by atoms with Crippen LogP contribution in [0.1, 0.15) is 25.3 Å². The first-order chi connectivity index (χ1) is 10.9. The molecule has 0 aromatic heterocycles. The van der Waals surface area contributed by atoms with E-state index in [1.54, 1.807) is 14.2 Å². The van der Waals surface area contributed by atoms with Crippen molar-refractivity contribution in [3.8, 4) is 11.5 Å². The van der Waals surface area contributed by atoms with Crippen molar-refractivity contribution in [2.45, 2.75) is 26.2 Å². The molecule has 130 valence electrons. The number of carbonyl (C=O) groups is 1. The molecule has 0 aliphatic heterocycles. The number of nitrogens with zero attached hydrogens (tertiary/aromatic N) is 1. The predicted octanol–water partition coefficient (Wildman–Crippen LogP) is 2.67. The fourth-order valence-electron chi connectivity index (χ4n) is 2.57. The lowest BCUT2D eigenvalue weighted by atomic mass is 10.1. The third kappa shape index (κ3) is 6.48. The van der Waals surface area contributed by atoms with E-state index in [2.05, 4.69) is 20.2 Å². The first kappa shape index (κ1) is 19.3. The molecule has 0 amide bonds. The zero-order valence-corrected chi connectivity index (χ0v) is 15.1. The van der Waals surface area contributed by atoms with Crippen LogP contribution in [0.2, 0.25) is 0 Å². The van der Waals surface area contributed by atoms with E-state index in [1.807, 2.05) is 19.1 Å². The standard InChI is InChI=1S/C18H30NO4/c1-6-23-17(20)11-8-13-19(2,3)14-12-15-9-7-10-16(21-4)18(15)22-5/h7,9-10H,6,8,11-14H2,1-5H3/q+1. The van der Waals surface area contributed by atoms with Gasteiger partial charge in [-0.2, -0.15) is 0 Å². The van der Waals surface area contributed by atoms with Gasteiger partial charge in [0.2, 0.25) is 0 Å². The predicted molar refractivity (Wildman–Crippen MR) is 91.0 cm³/mol. The smallest absolute Gasteiger partial charge is 0.305 e. The summed E-state index contributed by atoms with van der Waals surface area (Å²) in [7, 11) is 7.67. The van der Waals surface area contributed by atoms with Crippen LogP contribution in [0.3, 0.4) is 0 Å². The van der Waals surface area contributed by atoms with Crippen molar-refractivity contribution in [3.05, 3.63) is 23.8 Å². The Kier molecular flexibility index (Phi) is 7.89. The van der Waals surface area contributed by atoms with Crippen molar-refractivity contribution in [2.75, 3.05) is 48.0 Å². The number of ether oxygens (including phenoxy) is 3. The average molecular weight is 324 g/mol. The molecule has 0 aliphatic rings. The van der Waals surface area contributed by atoms with Crippen LogP contribution in [0.25, 0.3) is 0 Å². The summed E-state index contributed by atoms with van der Waals surface area (Å²) >= 11 is 0. The molecule has 0 heterocycles. The van der Waals surface area contributed by atoms with Crippen LogP contribution in [0, 0.1) is 0 Å². The van der Waals surface area contributed by atoms with Gasteiger partial charge in [0, 0.05) is 18.4 Å². The molecule has 0 spiro atoms. The Morgan fingerprint density at radius 3 is 2.48 bits per heavy atom. The monoisotopic (exact) mass is 324 g/mol. The van der Waals surface area contributed by atoms with Crippen LogP contribution < -0.4 is 9.47 Å². The summed E-state index contributed by atoms with van der Waals surface area (Å²) in [5.41, 5.74) is 1.14. The summed E-state index contributed by atoms with van der Waals surface area (Å²) in [6, 6.07) is 5.96. The lowest BCUT2D eigenvalue weighted by Crippen LogP contribution is -2.42.